The highest BCUT2D eigenvalue weighted by atomic mass is 19.1. The number of fused-ring (bicyclic) bond motifs is 2. The van der Waals surface area contributed by atoms with E-state index in [1.807, 2.05) is 12.2 Å². The predicted octanol–water partition coefficient (Wildman–Crippen LogP) is 1.96. The van der Waals surface area contributed by atoms with Gasteiger partial charge in [0.25, 0.3) is 0 Å². The lowest BCUT2D eigenvalue weighted by atomic mass is 9.82. The number of carboxylic acids is 1. The van der Waals surface area contributed by atoms with Gasteiger partial charge in [-0.25, -0.2) is 4.39 Å². The van der Waals surface area contributed by atoms with Crippen LogP contribution in [0.4, 0.5) is 4.39 Å². The summed E-state index contributed by atoms with van der Waals surface area (Å²) in [5.74, 6) is -2.90. The minimum Gasteiger partial charge on any atom is -0.481 e. The van der Waals surface area contributed by atoms with Crippen molar-refractivity contribution >= 4 is 11.9 Å². The lowest BCUT2D eigenvalue weighted by Gasteiger charge is -2.23. The Morgan fingerprint density at radius 2 is 1.86 bits per heavy atom. The largest absolute Gasteiger partial charge is 0.481 e. The number of carbonyl (C=O) groups is 2. The van der Waals surface area contributed by atoms with Crippen LogP contribution in [0.5, 0.6) is 0 Å². The molecule has 1 saturated carbocycles. The summed E-state index contributed by atoms with van der Waals surface area (Å²) in [4.78, 5) is 23.7. The van der Waals surface area contributed by atoms with Crippen molar-refractivity contribution in [2.75, 3.05) is 0 Å². The maximum Gasteiger partial charge on any atom is 0.307 e. The standard InChI is InChI=1S/C16H16FNO3/c17-12-4-2-1-3-11(12)8-18-15(19)13-9-5-6-10(7-9)14(13)16(20)21/h1-6,9-10,13-14H,7-8H2,(H,18,19)(H,20,21)/t9-,10+,13+,14+/m0/s1. The van der Waals surface area contributed by atoms with Crippen LogP contribution in [0.1, 0.15) is 12.0 Å². The zero-order chi connectivity index (χ0) is 15.0. The smallest absolute Gasteiger partial charge is 0.307 e. The highest BCUT2D eigenvalue weighted by Gasteiger charge is 2.51. The SMILES string of the molecule is O=C(O)[C@H]1[C@H](C(=O)NCc2ccccc2F)[C@H]2C=C[C@@H]1C2. The van der Waals surface area contributed by atoms with Gasteiger partial charge in [-0.2, -0.15) is 0 Å². The molecule has 0 heterocycles. The Hall–Kier alpha value is -2.17. The number of halogens is 1. The molecular formula is C16H16FNO3. The second-order valence-electron chi connectivity index (χ2n) is 5.65. The fraction of sp³-hybridized carbons (Fsp3) is 0.375. The third-order valence-corrected chi connectivity index (χ3v) is 4.46. The summed E-state index contributed by atoms with van der Waals surface area (Å²) < 4.78 is 13.5. The van der Waals surface area contributed by atoms with Crippen molar-refractivity contribution in [1.82, 2.24) is 5.32 Å². The molecule has 5 heteroatoms. The molecule has 0 saturated heterocycles. The van der Waals surface area contributed by atoms with Crippen molar-refractivity contribution in [3.63, 3.8) is 0 Å². The summed E-state index contributed by atoms with van der Waals surface area (Å²) >= 11 is 0. The molecule has 1 aromatic carbocycles. The first-order valence-corrected chi connectivity index (χ1v) is 7.00. The molecule has 1 aromatic rings. The molecule has 0 aliphatic heterocycles. The predicted molar refractivity (Wildman–Crippen MR) is 73.6 cm³/mol. The normalized spacial score (nSPS) is 29.6. The van der Waals surface area contributed by atoms with Crippen molar-refractivity contribution in [2.24, 2.45) is 23.7 Å². The van der Waals surface area contributed by atoms with E-state index in [9.17, 15) is 19.1 Å². The molecule has 1 fully saturated rings. The maximum atomic E-state index is 13.5. The third-order valence-electron chi connectivity index (χ3n) is 4.46. The van der Waals surface area contributed by atoms with Crippen LogP contribution in [0, 0.1) is 29.5 Å². The number of amides is 1. The Bertz CT molecular complexity index is 613. The van der Waals surface area contributed by atoms with Crippen LogP contribution >= 0.6 is 0 Å². The highest BCUT2D eigenvalue weighted by Crippen LogP contribution is 2.48. The van der Waals surface area contributed by atoms with E-state index in [1.165, 1.54) is 6.07 Å². The second-order valence-corrected chi connectivity index (χ2v) is 5.65. The maximum absolute atomic E-state index is 13.5. The summed E-state index contributed by atoms with van der Waals surface area (Å²) in [6.07, 6.45) is 4.54. The Balaban J connectivity index is 1.69. The first-order chi connectivity index (χ1) is 10.1. The van der Waals surface area contributed by atoms with Crippen molar-refractivity contribution < 1.29 is 19.1 Å². The van der Waals surface area contributed by atoms with Gasteiger partial charge in [-0.3, -0.25) is 9.59 Å². The molecule has 0 radical (unpaired) electrons. The number of carbonyl (C=O) groups excluding carboxylic acids is 1. The molecule has 2 N–H and O–H groups in total. The molecule has 2 bridgehead atoms. The van der Waals surface area contributed by atoms with Crippen LogP contribution in [-0.2, 0) is 16.1 Å². The number of hydrogen-bond acceptors (Lipinski definition) is 2. The average Bonchev–Trinajstić information content (AvgIpc) is 3.06. The molecule has 0 aromatic heterocycles. The average molecular weight is 289 g/mol. The van der Waals surface area contributed by atoms with Gasteiger partial charge >= 0.3 is 5.97 Å². The van der Waals surface area contributed by atoms with Crippen LogP contribution in [0.2, 0.25) is 0 Å². The van der Waals surface area contributed by atoms with Gasteiger partial charge in [-0.15, -0.1) is 0 Å². The molecule has 110 valence electrons. The van der Waals surface area contributed by atoms with E-state index < -0.39 is 17.8 Å². The summed E-state index contributed by atoms with van der Waals surface area (Å²) in [5.41, 5.74) is 0.399. The zero-order valence-electron chi connectivity index (χ0n) is 11.3. The number of rotatable bonds is 4. The van der Waals surface area contributed by atoms with Gasteiger partial charge in [0.2, 0.25) is 5.91 Å². The van der Waals surface area contributed by atoms with Gasteiger partial charge in [0.1, 0.15) is 5.82 Å². The summed E-state index contributed by atoms with van der Waals surface area (Å²) in [7, 11) is 0. The van der Waals surface area contributed by atoms with Crippen LogP contribution in [-0.4, -0.2) is 17.0 Å². The van der Waals surface area contributed by atoms with Gasteiger partial charge in [-0.05, 0) is 24.3 Å². The molecule has 0 spiro atoms. The monoisotopic (exact) mass is 289 g/mol. The van der Waals surface area contributed by atoms with Gasteiger partial charge < -0.3 is 10.4 Å². The topological polar surface area (TPSA) is 66.4 Å². The molecule has 1 amide bonds. The zero-order valence-corrected chi connectivity index (χ0v) is 11.3. The molecule has 0 unspecified atom stereocenters. The Morgan fingerprint density at radius 1 is 1.19 bits per heavy atom. The quantitative estimate of drug-likeness (QED) is 0.833. The first kappa shape index (κ1) is 13.8. The Kier molecular flexibility index (Phi) is 3.49. The Morgan fingerprint density at radius 3 is 2.52 bits per heavy atom. The fourth-order valence-electron chi connectivity index (χ4n) is 3.46. The number of aliphatic carboxylic acids is 1. The van der Waals surface area contributed by atoms with Crippen molar-refractivity contribution in [1.29, 1.82) is 0 Å². The fourth-order valence-corrected chi connectivity index (χ4v) is 3.46. The molecular weight excluding hydrogens is 273 g/mol. The molecule has 4 nitrogen and oxygen atoms in total. The minimum atomic E-state index is -0.933. The van der Waals surface area contributed by atoms with E-state index in [0.717, 1.165) is 6.42 Å². The van der Waals surface area contributed by atoms with Crippen LogP contribution in [0.25, 0.3) is 0 Å². The second kappa shape index (κ2) is 5.31. The van der Waals surface area contributed by atoms with Crippen molar-refractivity contribution in [2.45, 2.75) is 13.0 Å². The number of hydrogen-bond donors (Lipinski definition) is 2. The van der Waals surface area contributed by atoms with Crippen LogP contribution in [0.15, 0.2) is 36.4 Å². The van der Waals surface area contributed by atoms with Crippen molar-refractivity contribution in [3.05, 3.63) is 47.8 Å². The summed E-state index contributed by atoms with van der Waals surface area (Å²) in [6, 6.07) is 6.22. The van der Waals surface area contributed by atoms with Gasteiger partial charge in [-0.1, -0.05) is 30.4 Å². The van der Waals surface area contributed by atoms with E-state index in [-0.39, 0.29) is 30.1 Å². The number of benzene rings is 1. The summed E-state index contributed by atoms with van der Waals surface area (Å²) in [5, 5.41) is 12.0. The van der Waals surface area contributed by atoms with Crippen LogP contribution < -0.4 is 5.32 Å². The Labute approximate surface area is 121 Å². The van der Waals surface area contributed by atoms with Gasteiger partial charge in [0, 0.05) is 12.1 Å². The lowest BCUT2D eigenvalue weighted by molar-refractivity contribution is -0.147. The summed E-state index contributed by atoms with van der Waals surface area (Å²) in [6.45, 7) is 0.0788. The van der Waals surface area contributed by atoms with E-state index in [0.29, 0.717) is 5.56 Å². The lowest BCUT2D eigenvalue weighted by Crippen LogP contribution is -2.40. The van der Waals surface area contributed by atoms with Crippen molar-refractivity contribution in [3.8, 4) is 0 Å². The molecule has 2 aliphatic carbocycles. The molecule has 21 heavy (non-hydrogen) atoms. The molecule has 2 aliphatic rings. The van der Waals surface area contributed by atoms with Gasteiger partial charge in [0.15, 0.2) is 0 Å². The van der Waals surface area contributed by atoms with E-state index in [4.69, 9.17) is 0 Å². The number of nitrogens with one attached hydrogen (secondary N) is 1. The number of allylic oxidation sites excluding steroid dienone is 2. The van der Waals surface area contributed by atoms with E-state index in [2.05, 4.69) is 5.32 Å². The minimum absolute atomic E-state index is 0.0169. The number of carboxylic acid groups (broad SMARTS) is 1. The van der Waals surface area contributed by atoms with E-state index in [1.54, 1.807) is 18.2 Å². The third kappa shape index (κ3) is 2.44. The van der Waals surface area contributed by atoms with E-state index >= 15 is 0 Å². The van der Waals surface area contributed by atoms with Crippen LogP contribution in [0.3, 0.4) is 0 Å². The molecule has 3 rings (SSSR count). The molecule has 4 atom stereocenters. The highest BCUT2D eigenvalue weighted by molar-refractivity contribution is 5.86. The first-order valence-electron chi connectivity index (χ1n) is 7.00. The van der Waals surface area contributed by atoms with Gasteiger partial charge in [0.05, 0.1) is 11.8 Å².